The Balaban J connectivity index is 2.75. The lowest BCUT2D eigenvalue weighted by Gasteiger charge is -1.84. The van der Waals surface area contributed by atoms with Crippen molar-refractivity contribution in [1.82, 2.24) is 0 Å². The Bertz CT molecular complexity index is 26.7. The second kappa shape index (κ2) is 4.24. The molecule has 38 valence electrons. The van der Waals surface area contributed by atoms with Gasteiger partial charge >= 0.3 is 0 Å². The molecular formula is C4H10IS+. The highest BCUT2D eigenvalue weighted by molar-refractivity contribution is 14.2. The molecule has 0 amide bonds. The minimum Gasteiger partial charge on any atom is -0.0191 e. The Kier molecular flexibility index (Phi) is 5.01. The van der Waals surface area contributed by atoms with Gasteiger partial charge in [-0.1, -0.05) is 0 Å². The quantitative estimate of drug-likeness (QED) is 0.490. The predicted octanol–water partition coefficient (Wildman–Crippen LogP) is 1.99. The first-order chi connectivity index (χ1) is 2.81. The van der Waals surface area contributed by atoms with Gasteiger partial charge in [0, 0.05) is 0 Å². The van der Waals surface area contributed by atoms with Crippen LogP contribution in [0, 0.1) is 0 Å². The molecule has 0 heterocycles. The third kappa shape index (κ3) is 3.28. The Morgan fingerprint density at radius 2 is 1.67 bits per heavy atom. The van der Waals surface area contributed by atoms with Gasteiger partial charge in [-0.2, -0.15) is 0 Å². The van der Waals surface area contributed by atoms with Crippen molar-refractivity contribution in [1.29, 1.82) is 0 Å². The van der Waals surface area contributed by atoms with Crippen LogP contribution in [0.15, 0.2) is 0 Å². The zero-order valence-electron chi connectivity index (χ0n) is 4.20. The van der Waals surface area contributed by atoms with Crippen LogP contribution in [0.5, 0.6) is 0 Å². The summed E-state index contributed by atoms with van der Waals surface area (Å²) < 4.78 is 0. The summed E-state index contributed by atoms with van der Waals surface area (Å²) in [5, 5.41) is 0. The molecule has 0 atom stereocenters. The van der Waals surface area contributed by atoms with Crippen LogP contribution < -0.4 is 0 Å². The first-order valence-electron chi connectivity index (χ1n) is 2.15. The van der Waals surface area contributed by atoms with Crippen LogP contribution >= 0.6 is 21.2 Å². The van der Waals surface area contributed by atoms with E-state index in [1.807, 2.05) is 0 Å². The Morgan fingerprint density at radius 1 is 1.33 bits per heavy atom. The second-order valence-electron chi connectivity index (χ2n) is 1.000. The zero-order chi connectivity index (χ0) is 4.99. The SMILES string of the molecule is CC[S+](I)CC. The number of halogens is 1. The molecule has 0 saturated heterocycles. The fourth-order valence-electron chi connectivity index (χ4n) is 0.204. The van der Waals surface area contributed by atoms with Gasteiger partial charge in [-0.3, -0.25) is 0 Å². The lowest BCUT2D eigenvalue weighted by Crippen LogP contribution is -1.94. The summed E-state index contributed by atoms with van der Waals surface area (Å²) in [5.41, 5.74) is 0. The van der Waals surface area contributed by atoms with Gasteiger partial charge in [-0.15, -0.1) is 0 Å². The molecule has 6 heavy (non-hydrogen) atoms. The van der Waals surface area contributed by atoms with E-state index in [9.17, 15) is 0 Å². The molecule has 0 aromatic heterocycles. The van der Waals surface area contributed by atoms with Crippen LogP contribution in [0.4, 0.5) is 0 Å². The largest absolute Gasteiger partial charge is 0.250 e. The molecule has 0 unspecified atom stereocenters. The maximum absolute atomic E-state index is 2.50. The van der Waals surface area contributed by atoms with Crippen LogP contribution in [0.3, 0.4) is 0 Å². The Morgan fingerprint density at radius 3 is 1.67 bits per heavy atom. The summed E-state index contributed by atoms with van der Waals surface area (Å²) in [4.78, 5) is 0. The van der Waals surface area contributed by atoms with Crippen molar-refractivity contribution in [2.24, 2.45) is 0 Å². The summed E-state index contributed by atoms with van der Waals surface area (Å²) in [7, 11) is 0.686. The van der Waals surface area contributed by atoms with Crippen molar-refractivity contribution in [3.63, 3.8) is 0 Å². The van der Waals surface area contributed by atoms with Crippen molar-refractivity contribution in [3.05, 3.63) is 0 Å². The topological polar surface area (TPSA) is 0 Å². The molecule has 0 aliphatic carbocycles. The minimum absolute atomic E-state index is 0.686. The second-order valence-corrected chi connectivity index (χ2v) is 6.74. The van der Waals surface area contributed by atoms with E-state index in [1.54, 1.807) is 0 Å². The van der Waals surface area contributed by atoms with Crippen LogP contribution in [0.2, 0.25) is 0 Å². The van der Waals surface area contributed by atoms with E-state index in [2.05, 4.69) is 35.1 Å². The van der Waals surface area contributed by atoms with Gasteiger partial charge in [0.15, 0.2) is 0 Å². The molecule has 0 aromatic carbocycles. The van der Waals surface area contributed by atoms with E-state index in [0.29, 0.717) is 8.07 Å². The Labute approximate surface area is 54.6 Å². The lowest BCUT2D eigenvalue weighted by atomic mass is 11.0. The van der Waals surface area contributed by atoms with Crippen LogP contribution in [-0.2, 0) is 8.07 Å². The molecule has 0 N–H and O–H groups in total. The van der Waals surface area contributed by atoms with Crippen LogP contribution in [0.1, 0.15) is 13.8 Å². The first kappa shape index (κ1) is 7.08. The average Bonchev–Trinajstić information content (AvgIpc) is 1.65. The molecule has 0 fully saturated rings. The van der Waals surface area contributed by atoms with Crippen molar-refractivity contribution >= 4 is 29.3 Å². The average molecular weight is 217 g/mol. The highest BCUT2D eigenvalue weighted by Crippen LogP contribution is 2.04. The van der Waals surface area contributed by atoms with E-state index in [1.165, 1.54) is 11.5 Å². The van der Waals surface area contributed by atoms with Gasteiger partial charge in [0.05, 0.1) is 8.07 Å². The maximum atomic E-state index is 2.50. The summed E-state index contributed by atoms with van der Waals surface area (Å²) in [6.45, 7) is 4.47. The third-order valence-corrected chi connectivity index (χ3v) is 5.62. The lowest BCUT2D eigenvalue weighted by molar-refractivity contribution is 1.46. The highest BCUT2D eigenvalue weighted by atomic mass is 127. The van der Waals surface area contributed by atoms with Crippen molar-refractivity contribution in [3.8, 4) is 0 Å². The predicted molar refractivity (Wildman–Crippen MR) is 42.5 cm³/mol. The van der Waals surface area contributed by atoms with Crippen molar-refractivity contribution < 1.29 is 0 Å². The molecule has 0 bridgehead atoms. The standard InChI is InChI=1S/C4H10IS/c1-3-6(5)4-2/h3-4H2,1-2H3/q+1. The molecule has 0 spiro atoms. The van der Waals surface area contributed by atoms with Gasteiger partial charge < -0.3 is 0 Å². The van der Waals surface area contributed by atoms with E-state index >= 15 is 0 Å². The first-order valence-corrected chi connectivity index (χ1v) is 6.25. The maximum Gasteiger partial charge on any atom is 0.250 e. The molecule has 0 saturated carbocycles. The van der Waals surface area contributed by atoms with E-state index in [4.69, 9.17) is 0 Å². The fraction of sp³-hybridized carbons (Fsp3) is 1.00. The molecule has 0 aliphatic heterocycles. The minimum atomic E-state index is 0.686. The molecule has 0 radical (unpaired) electrons. The number of rotatable bonds is 2. The molecule has 0 rings (SSSR count). The van der Waals surface area contributed by atoms with Gasteiger partial charge in [-0.05, 0) is 13.8 Å². The monoisotopic (exact) mass is 217 g/mol. The number of hydrogen-bond donors (Lipinski definition) is 0. The van der Waals surface area contributed by atoms with Crippen LogP contribution in [-0.4, -0.2) is 11.5 Å². The van der Waals surface area contributed by atoms with Gasteiger partial charge in [0.25, 0.3) is 21.2 Å². The molecule has 2 heteroatoms. The number of hydrogen-bond acceptors (Lipinski definition) is 0. The molecule has 0 aliphatic rings. The molecular weight excluding hydrogens is 207 g/mol. The van der Waals surface area contributed by atoms with Crippen molar-refractivity contribution in [2.75, 3.05) is 11.5 Å². The van der Waals surface area contributed by atoms with Gasteiger partial charge in [-0.25, -0.2) is 0 Å². The van der Waals surface area contributed by atoms with Gasteiger partial charge in [0.2, 0.25) is 0 Å². The van der Waals surface area contributed by atoms with Crippen molar-refractivity contribution in [2.45, 2.75) is 13.8 Å². The summed E-state index contributed by atoms with van der Waals surface area (Å²) in [5.74, 6) is 2.69. The summed E-state index contributed by atoms with van der Waals surface area (Å²) in [6, 6.07) is 0. The normalized spacial score (nSPS) is 10.0. The zero-order valence-corrected chi connectivity index (χ0v) is 7.17. The molecule has 0 nitrogen and oxygen atoms in total. The van der Waals surface area contributed by atoms with E-state index in [-0.39, 0.29) is 0 Å². The Hall–Kier alpha value is 1.08. The van der Waals surface area contributed by atoms with E-state index in [0.717, 1.165) is 0 Å². The smallest absolute Gasteiger partial charge is 0.0191 e. The fourth-order valence-corrected chi connectivity index (χ4v) is 0.612. The van der Waals surface area contributed by atoms with Gasteiger partial charge in [0.1, 0.15) is 11.5 Å². The molecule has 0 aromatic rings. The third-order valence-electron chi connectivity index (χ3n) is 0.626. The highest BCUT2D eigenvalue weighted by Gasteiger charge is 2.03. The summed E-state index contributed by atoms with van der Waals surface area (Å²) in [6.07, 6.45) is 0. The summed E-state index contributed by atoms with van der Waals surface area (Å²) >= 11 is 2.50. The van der Waals surface area contributed by atoms with Crippen LogP contribution in [0.25, 0.3) is 0 Å². The van der Waals surface area contributed by atoms with E-state index < -0.39 is 0 Å².